The lowest BCUT2D eigenvalue weighted by Crippen LogP contribution is -2.46. The molecule has 36 heavy (non-hydrogen) atoms. The number of rotatable bonds is 11. The maximum Gasteiger partial charge on any atom is 0.254 e. The van der Waals surface area contributed by atoms with Crippen LogP contribution in [0.1, 0.15) is 61.8 Å². The summed E-state index contributed by atoms with van der Waals surface area (Å²) in [5.41, 5.74) is 3.85. The zero-order valence-electron chi connectivity index (χ0n) is 22.1. The van der Waals surface area contributed by atoms with E-state index in [9.17, 15) is 9.59 Å². The Morgan fingerprint density at radius 1 is 0.944 bits per heavy atom. The monoisotopic (exact) mass is 507 g/mol. The van der Waals surface area contributed by atoms with Crippen molar-refractivity contribution in [3.05, 3.63) is 94.3 Å². The van der Waals surface area contributed by atoms with Crippen molar-refractivity contribution < 1.29 is 9.59 Å². The molecule has 0 spiro atoms. The van der Waals surface area contributed by atoms with Gasteiger partial charge in [0.05, 0.1) is 6.54 Å². The van der Waals surface area contributed by atoms with Crippen LogP contribution in [-0.2, 0) is 24.3 Å². The molecule has 0 aliphatic carbocycles. The molecular formula is C30H38ClN3O2. The van der Waals surface area contributed by atoms with E-state index in [1.807, 2.05) is 85.6 Å². The van der Waals surface area contributed by atoms with Crippen molar-refractivity contribution in [3.63, 3.8) is 0 Å². The average molecular weight is 508 g/mol. The summed E-state index contributed by atoms with van der Waals surface area (Å²) in [6.45, 7) is 12.0. The quantitative estimate of drug-likeness (QED) is 0.306. The van der Waals surface area contributed by atoms with Crippen molar-refractivity contribution in [1.82, 2.24) is 14.4 Å². The van der Waals surface area contributed by atoms with Crippen LogP contribution in [0.25, 0.3) is 0 Å². The minimum Gasteiger partial charge on any atom is -0.345 e. The minimum absolute atomic E-state index is 0.0456. The fourth-order valence-corrected chi connectivity index (χ4v) is 4.43. The number of nitrogens with zero attached hydrogens (tertiary/aromatic N) is 3. The second kappa shape index (κ2) is 12.8. The van der Waals surface area contributed by atoms with Crippen molar-refractivity contribution in [2.45, 2.75) is 60.2 Å². The highest BCUT2D eigenvalue weighted by molar-refractivity contribution is 6.31. The van der Waals surface area contributed by atoms with Gasteiger partial charge < -0.3 is 14.4 Å². The number of carbonyl (C=O) groups is 2. The number of hydrogen-bond acceptors (Lipinski definition) is 2. The Labute approximate surface area is 220 Å². The van der Waals surface area contributed by atoms with Gasteiger partial charge in [-0.05, 0) is 67.6 Å². The van der Waals surface area contributed by atoms with E-state index in [4.69, 9.17) is 11.6 Å². The molecule has 1 aromatic heterocycles. The average Bonchev–Trinajstić information content (AvgIpc) is 3.29. The molecule has 0 aliphatic rings. The Bertz CT molecular complexity index is 1150. The summed E-state index contributed by atoms with van der Waals surface area (Å²) < 4.78 is 2.13. The van der Waals surface area contributed by atoms with Crippen molar-refractivity contribution >= 4 is 23.4 Å². The summed E-state index contributed by atoms with van der Waals surface area (Å²) in [5, 5.41) is 0.727. The van der Waals surface area contributed by atoms with Crippen LogP contribution in [0, 0.1) is 5.92 Å². The van der Waals surface area contributed by atoms with Gasteiger partial charge in [0.15, 0.2) is 0 Å². The molecule has 1 heterocycles. The molecule has 0 N–H and O–H groups in total. The van der Waals surface area contributed by atoms with Gasteiger partial charge in [0.25, 0.3) is 5.91 Å². The zero-order chi connectivity index (χ0) is 26.2. The molecule has 0 saturated heterocycles. The van der Waals surface area contributed by atoms with Gasteiger partial charge >= 0.3 is 0 Å². The molecule has 0 atom stereocenters. The van der Waals surface area contributed by atoms with Gasteiger partial charge in [-0.25, -0.2) is 0 Å². The fraction of sp³-hybridized carbons (Fsp3) is 0.400. The number of hydrogen-bond donors (Lipinski definition) is 0. The van der Waals surface area contributed by atoms with E-state index in [1.54, 1.807) is 4.90 Å². The molecule has 0 saturated carbocycles. The summed E-state index contributed by atoms with van der Waals surface area (Å²) >= 11 is 6.39. The predicted molar refractivity (Wildman–Crippen MR) is 147 cm³/mol. The van der Waals surface area contributed by atoms with Gasteiger partial charge in [0.1, 0.15) is 6.54 Å². The normalized spacial score (nSPS) is 11.2. The molecule has 0 radical (unpaired) electrons. The van der Waals surface area contributed by atoms with Gasteiger partial charge in [-0.3, -0.25) is 9.59 Å². The minimum atomic E-state index is -0.118. The van der Waals surface area contributed by atoms with Crippen LogP contribution in [0.3, 0.4) is 0 Å². The molecule has 192 valence electrons. The van der Waals surface area contributed by atoms with Crippen molar-refractivity contribution in [2.24, 2.45) is 5.92 Å². The van der Waals surface area contributed by atoms with Crippen LogP contribution in [-0.4, -0.2) is 45.3 Å². The highest BCUT2D eigenvalue weighted by Gasteiger charge is 2.25. The Morgan fingerprint density at radius 3 is 2.25 bits per heavy atom. The van der Waals surface area contributed by atoms with Crippen LogP contribution in [0.15, 0.2) is 66.9 Å². The smallest absolute Gasteiger partial charge is 0.254 e. The van der Waals surface area contributed by atoms with Crippen LogP contribution < -0.4 is 0 Å². The van der Waals surface area contributed by atoms with E-state index >= 15 is 0 Å². The lowest BCUT2D eigenvalue weighted by atomic mass is 10.1. The number of carbonyl (C=O) groups excluding carboxylic acids is 2. The number of aromatic nitrogens is 1. The molecule has 3 rings (SSSR count). The van der Waals surface area contributed by atoms with Crippen molar-refractivity contribution in [3.8, 4) is 0 Å². The van der Waals surface area contributed by atoms with Crippen molar-refractivity contribution in [1.29, 1.82) is 0 Å². The van der Waals surface area contributed by atoms with E-state index in [0.29, 0.717) is 31.1 Å². The van der Waals surface area contributed by atoms with Crippen LogP contribution in [0.5, 0.6) is 0 Å². The first-order chi connectivity index (χ1) is 17.2. The van der Waals surface area contributed by atoms with Gasteiger partial charge in [-0.15, -0.1) is 0 Å². The van der Waals surface area contributed by atoms with Crippen molar-refractivity contribution in [2.75, 3.05) is 13.1 Å². The summed E-state index contributed by atoms with van der Waals surface area (Å²) in [7, 11) is 0. The first kappa shape index (κ1) is 27.5. The Balaban J connectivity index is 1.78. The summed E-state index contributed by atoms with van der Waals surface area (Å²) in [6.07, 6.45) is 2.93. The molecule has 0 unspecified atom stereocenters. The van der Waals surface area contributed by atoms with Crippen LogP contribution in [0.2, 0.25) is 5.02 Å². The summed E-state index contributed by atoms with van der Waals surface area (Å²) in [4.78, 5) is 30.4. The number of aryl methyl sites for hydroxylation is 1. The second-order valence-corrected chi connectivity index (χ2v) is 10.4. The summed E-state index contributed by atoms with van der Waals surface area (Å²) in [6, 6.07) is 19.4. The Hall–Kier alpha value is -3.05. The predicted octanol–water partition coefficient (Wildman–Crippen LogP) is 6.29. The second-order valence-electron chi connectivity index (χ2n) is 9.96. The fourth-order valence-electron chi connectivity index (χ4n) is 4.23. The molecule has 0 fully saturated rings. The standard InChI is InChI=1S/C30H38ClN3O2/c1-6-24-13-15-25(16-14-24)30(36)34(23(4)5)21-29(35)33(18-22(2)3)20-27-11-9-17-32(27)19-26-10-7-8-12-28(26)31/h7-17,22-23H,6,18-21H2,1-5H3. The summed E-state index contributed by atoms with van der Waals surface area (Å²) in [5.74, 6) is 0.125. The topological polar surface area (TPSA) is 45.6 Å². The van der Waals surface area contributed by atoms with E-state index < -0.39 is 0 Å². The molecule has 3 aromatic rings. The molecule has 0 bridgehead atoms. The third-order valence-corrected chi connectivity index (χ3v) is 6.68. The highest BCUT2D eigenvalue weighted by atomic mass is 35.5. The molecule has 6 heteroatoms. The number of halogens is 1. The first-order valence-electron chi connectivity index (χ1n) is 12.7. The molecule has 2 amide bonds. The maximum absolute atomic E-state index is 13.6. The zero-order valence-corrected chi connectivity index (χ0v) is 22.8. The van der Waals surface area contributed by atoms with E-state index in [2.05, 4.69) is 25.3 Å². The van der Waals surface area contributed by atoms with Crippen LogP contribution in [0.4, 0.5) is 0 Å². The van der Waals surface area contributed by atoms with E-state index in [0.717, 1.165) is 22.7 Å². The van der Waals surface area contributed by atoms with Gasteiger partial charge in [-0.1, -0.05) is 62.7 Å². The van der Waals surface area contributed by atoms with E-state index in [1.165, 1.54) is 5.56 Å². The largest absolute Gasteiger partial charge is 0.345 e. The lowest BCUT2D eigenvalue weighted by Gasteiger charge is -2.31. The SMILES string of the molecule is CCc1ccc(C(=O)N(CC(=O)N(Cc2cccn2Cc2ccccc2Cl)CC(C)C)C(C)C)cc1. The highest BCUT2D eigenvalue weighted by Crippen LogP contribution is 2.19. The maximum atomic E-state index is 13.6. The molecule has 5 nitrogen and oxygen atoms in total. The first-order valence-corrected chi connectivity index (χ1v) is 13.1. The molecule has 2 aromatic carbocycles. The van der Waals surface area contributed by atoms with Gasteiger partial charge in [0, 0.05) is 41.6 Å². The Kier molecular flexibility index (Phi) is 9.77. The van der Waals surface area contributed by atoms with Gasteiger partial charge in [0.2, 0.25) is 5.91 Å². The molecule has 0 aliphatic heterocycles. The molecular weight excluding hydrogens is 470 g/mol. The van der Waals surface area contributed by atoms with Gasteiger partial charge in [-0.2, -0.15) is 0 Å². The Morgan fingerprint density at radius 2 is 1.64 bits per heavy atom. The number of benzene rings is 2. The van der Waals surface area contributed by atoms with Crippen LogP contribution >= 0.6 is 11.6 Å². The third-order valence-electron chi connectivity index (χ3n) is 6.31. The third kappa shape index (κ3) is 7.23. The van der Waals surface area contributed by atoms with E-state index in [-0.39, 0.29) is 24.4 Å². The lowest BCUT2D eigenvalue weighted by molar-refractivity contribution is -0.133. The number of amides is 2.